The molecule has 1 fully saturated rings. The van der Waals surface area contributed by atoms with Gasteiger partial charge in [-0.05, 0) is 50.1 Å². The molecule has 29 heavy (non-hydrogen) atoms. The molecule has 4 rings (SSSR count). The van der Waals surface area contributed by atoms with Crippen LogP contribution < -0.4 is 10.6 Å². The second-order valence-corrected chi connectivity index (χ2v) is 7.84. The summed E-state index contributed by atoms with van der Waals surface area (Å²) in [6.07, 6.45) is 1.89. The first-order chi connectivity index (χ1) is 14.1. The van der Waals surface area contributed by atoms with Gasteiger partial charge in [-0.15, -0.1) is 11.8 Å². The van der Waals surface area contributed by atoms with Gasteiger partial charge in [-0.2, -0.15) is 4.98 Å². The number of anilines is 2. The first-order valence-corrected chi connectivity index (χ1v) is 10.3. The first kappa shape index (κ1) is 19.2. The van der Waals surface area contributed by atoms with Gasteiger partial charge in [-0.25, -0.2) is 0 Å². The summed E-state index contributed by atoms with van der Waals surface area (Å²) >= 11 is 1.46. The number of thioether (sulfide) groups is 1. The Morgan fingerprint density at radius 2 is 1.86 bits per heavy atom. The lowest BCUT2D eigenvalue weighted by molar-refractivity contribution is -0.117. The zero-order valence-electron chi connectivity index (χ0n) is 15.8. The molecule has 0 bridgehead atoms. The molecule has 2 aromatic carbocycles. The molecule has 8 heteroatoms. The van der Waals surface area contributed by atoms with Gasteiger partial charge >= 0.3 is 0 Å². The fraction of sp³-hybridized carbons (Fsp3) is 0.238. The molecular formula is C21H20N4O3S. The van der Waals surface area contributed by atoms with E-state index in [4.69, 9.17) is 4.52 Å². The maximum absolute atomic E-state index is 12.8. The second kappa shape index (κ2) is 8.48. The second-order valence-electron chi connectivity index (χ2n) is 6.82. The molecule has 7 nitrogen and oxygen atoms in total. The van der Waals surface area contributed by atoms with Crippen molar-refractivity contribution in [3.8, 4) is 0 Å². The molecule has 0 radical (unpaired) electrons. The van der Waals surface area contributed by atoms with Crippen LogP contribution in [0, 0.1) is 12.8 Å². The minimum Gasteiger partial charge on any atom is -0.338 e. The molecule has 0 unspecified atom stereocenters. The lowest BCUT2D eigenvalue weighted by atomic mass is 10.2. The number of aryl methyl sites for hydroxylation is 1. The Morgan fingerprint density at radius 1 is 1.10 bits per heavy atom. The van der Waals surface area contributed by atoms with Gasteiger partial charge < -0.3 is 15.2 Å². The van der Waals surface area contributed by atoms with Gasteiger partial charge in [0.1, 0.15) is 0 Å². The Morgan fingerprint density at radius 3 is 2.59 bits per heavy atom. The SMILES string of the molecule is Cc1noc(CSc2ccccc2C(=O)Nc2cccc(NC(=O)C3CC3)c2)n1. The van der Waals surface area contributed by atoms with Gasteiger partial charge in [0.15, 0.2) is 5.82 Å². The van der Waals surface area contributed by atoms with E-state index in [2.05, 4.69) is 20.8 Å². The third-order valence-corrected chi connectivity index (χ3v) is 5.45. The van der Waals surface area contributed by atoms with Gasteiger partial charge in [0, 0.05) is 22.2 Å². The molecular weight excluding hydrogens is 388 g/mol. The summed E-state index contributed by atoms with van der Waals surface area (Å²) in [6, 6.07) is 14.5. The number of hydrogen-bond donors (Lipinski definition) is 2. The van der Waals surface area contributed by atoms with E-state index >= 15 is 0 Å². The van der Waals surface area contributed by atoms with E-state index in [-0.39, 0.29) is 17.7 Å². The van der Waals surface area contributed by atoms with E-state index in [0.717, 1.165) is 17.7 Å². The van der Waals surface area contributed by atoms with E-state index < -0.39 is 0 Å². The quantitative estimate of drug-likeness (QED) is 0.567. The number of rotatable bonds is 7. The number of benzene rings is 2. The summed E-state index contributed by atoms with van der Waals surface area (Å²) in [6.45, 7) is 1.76. The number of carbonyl (C=O) groups excluding carboxylic acids is 2. The smallest absolute Gasteiger partial charge is 0.256 e. The maximum Gasteiger partial charge on any atom is 0.256 e. The van der Waals surface area contributed by atoms with Crippen LogP contribution in [0.25, 0.3) is 0 Å². The molecule has 1 saturated carbocycles. The molecule has 2 amide bonds. The molecule has 1 aromatic heterocycles. The van der Waals surface area contributed by atoms with Gasteiger partial charge in [0.2, 0.25) is 11.8 Å². The summed E-state index contributed by atoms with van der Waals surface area (Å²) in [5.74, 6) is 1.52. The molecule has 0 spiro atoms. The zero-order chi connectivity index (χ0) is 20.2. The van der Waals surface area contributed by atoms with Crippen LogP contribution in [0.2, 0.25) is 0 Å². The van der Waals surface area contributed by atoms with Crippen LogP contribution >= 0.6 is 11.8 Å². The predicted octanol–water partition coefficient (Wildman–Crippen LogP) is 4.27. The van der Waals surface area contributed by atoms with Gasteiger partial charge in [0.25, 0.3) is 5.91 Å². The van der Waals surface area contributed by atoms with Crippen molar-refractivity contribution in [2.75, 3.05) is 10.6 Å². The van der Waals surface area contributed by atoms with Crippen molar-refractivity contribution in [2.45, 2.75) is 30.4 Å². The molecule has 1 aliphatic carbocycles. The summed E-state index contributed by atoms with van der Waals surface area (Å²) in [7, 11) is 0. The van der Waals surface area contributed by atoms with Crippen LogP contribution in [0.15, 0.2) is 57.9 Å². The molecule has 0 aliphatic heterocycles. The van der Waals surface area contributed by atoms with Crippen molar-refractivity contribution in [1.82, 2.24) is 10.1 Å². The number of amides is 2. The van der Waals surface area contributed by atoms with Crippen molar-refractivity contribution in [2.24, 2.45) is 5.92 Å². The van der Waals surface area contributed by atoms with E-state index in [0.29, 0.717) is 34.4 Å². The normalized spacial score (nSPS) is 13.1. The molecule has 1 heterocycles. The standard InChI is InChI=1S/C21H20N4O3S/c1-13-22-19(28-25-13)12-29-18-8-3-2-7-17(18)21(27)24-16-6-4-5-15(11-16)23-20(26)14-9-10-14/h2-8,11,14H,9-10,12H2,1H3,(H,23,26)(H,24,27). The number of carbonyl (C=O) groups is 2. The number of hydrogen-bond acceptors (Lipinski definition) is 6. The monoisotopic (exact) mass is 408 g/mol. The predicted molar refractivity (Wildman–Crippen MR) is 111 cm³/mol. The molecule has 3 aromatic rings. The van der Waals surface area contributed by atoms with E-state index in [1.807, 2.05) is 24.3 Å². The average Bonchev–Trinajstić information content (AvgIpc) is 3.49. The summed E-state index contributed by atoms with van der Waals surface area (Å²) in [5, 5.41) is 9.57. The maximum atomic E-state index is 12.8. The molecule has 148 valence electrons. The van der Waals surface area contributed by atoms with Gasteiger partial charge in [-0.1, -0.05) is 23.4 Å². The number of nitrogens with zero attached hydrogens (tertiary/aromatic N) is 2. The highest BCUT2D eigenvalue weighted by Crippen LogP contribution is 2.31. The summed E-state index contributed by atoms with van der Waals surface area (Å²) < 4.78 is 5.13. The van der Waals surface area contributed by atoms with E-state index in [9.17, 15) is 9.59 Å². The van der Waals surface area contributed by atoms with Crippen molar-refractivity contribution >= 4 is 35.0 Å². The highest BCUT2D eigenvalue weighted by molar-refractivity contribution is 7.98. The largest absolute Gasteiger partial charge is 0.338 e. The van der Waals surface area contributed by atoms with Crippen LogP contribution in [-0.4, -0.2) is 22.0 Å². The highest BCUT2D eigenvalue weighted by Gasteiger charge is 2.29. The Kier molecular flexibility index (Phi) is 5.62. The molecule has 0 atom stereocenters. The first-order valence-electron chi connectivity index (χ1n) is 9.32. The summed E-state index contributed by atoms with van der Waals surface area (Å²) in [5.41, 5.74) is 1.85. The number of nitrogens with one attached hydrogen (secondary N) is 2. The minimum atomic E-state index is -0.222. The van der Waals surface area contributed by atoms with Gasteiger partial charge in [-0.3, -0.25) is 9.59 Å². The lowest BCUT2D eigenvalue weighted by Gasteiger charge is -2.11. The van der Waals surface area contributed by atoms with Crippen LogP contribution in [0.1, 0.15) is 34.9 Å². The fourth-order valence-electron chi connectivity index (χ4n) is 2.78. The van der Waals surface area contributed by atoms with Gasteiger partial charge in [0.05, 0.1) is 11.3 Å². The average molecular weight is 408 g/mol. The zero-order valence-corrected chi connectivity index (χ0v) is 16.7. The fourth-order valence-corrected chi connectivity index (χ4v) is 3.67. The topological polar surface area (TPSA) is 97.1 Å². The van der Waals surface area contributed by atoms with Crippen LogP contribution in [0.4, 0.5) is 11.4 Å². The minimum absolute atomic E-state index is 0.0338. The Bertz CT molecular complexity index is 1050. The Balaban J connectivity index is 1.43. The lowest BCUT2D eigenvalue weighted by Crippen LogP contribution is -2.15. The Labute approximate surface area is 172 Å². The van der Waals surface area contributed by atoms with Crippen LogP contribution in [0.3, 0.4) is 0 Å². The molecule has 1 aliphatic rings. The van der Waals surface area contributed by atoms with Crippen molar-refractivity contribution < 1.29 is 14.1 Å². The molecule has 2 N–H and O–H groups in total. The third-order valence-electron chi connectivity index (χ3n) is 4.39. The Hall–Kier alpha value is -3.13. The van der Waals surface area contributed by atoms with E-state index in [1.54, 1.807) is 31.2 Å². The third kappa shape index (κ3) is 5.03. The van der Waals surface area contributed by atoms with Crippen LogP contribution in [-0.2, 0) is 10.5 Å². The van der Waals surface area contributed by atoms with Crippen molar-refractivity contribution in [3.05, 3.63) is 65.8 Å². The molecule has 0 saturated heterocycles. The van der Waals surface area contributed by atoms with Crippen molar-refractivity contribution in [1.29, 1.82) is 0 Å². The summed E-state index contributed by atoms with van der Waals surface area (Å²) in [4.78, 5) is 29.8. The van der Waals surface area contributed by atoms with Crippen molar-refractivity contribution in [3.63, 3.8) is 0 Å². The van der Waals surface area contributed by atoms with E-state index in [1.165, 1.54) is 11.8 Å². The highest BCUT2D eigenvalue weighted by atomic mass is 32.2. The van der Waals surface area contributed by atoms with Crippen LogP contribution in [0.5, 0.6) is 0 Å². The number of aromatic nitrogens is 2.